The molecule has 4 heteroatoms. The normalized spacial score (nSPS) is 10.4. The predicted octanol–water partition coefficient (Wildman–Crippen LogP) is 4.63. The van der Waals surface area contributed by atoms with Crippen molar-refractivity contribution in [3.8, 4) is 0 Å². The first-order valence-electron chi connectivity index (χ1n) is 4.26. The molecule has 80 valence electrons. The number of benzene rings is 1. The van der Waals surface area contributed by atoms with Crippen molar-refractivity contribution < 1.29 is 13.2 Å². The van der Waals surface area contributed by atoms with Crippen LogP contribution in [0.3, 0.4) is 0 Å². The number of hydrogen-bond acceptors (Lipinski definition) is 0. The zero-order valence-electron chi connectivity index (χ0n) is 8.03. The van der Waals surface area contributed by atoms with E-state index in [1.807, 2.05) is 13.8 Å². The van der Waals surface area contributed by atoms with Gasteiger partial charge in [-0.25, -0.2) is 0 Å². The highest BCUT2D eigenvalue weighted by atomic mass is 79.9. The van der Waals surface area contributed by atoms with Crippen molar-refractivity contribution in [3.05, 3.63) is 35.4 Å². The Morgan fingerprint density at radius 1 is 1.07 bits per heavy atom. The molecule has 0 unspecified atom stereocenters. The fraction of sp³-hybridized carbons (Fsp3) is 0.400. The van der Waals surface area contributed by atoms with Gasteiger partial charge in [0.05, 0.1) is 5.56 Å². The summed E-state index contributed by atoms with van der Waals surface area (Å²) in [5, 5.41) is 0.575. The summed E-state index contributed by atoms with van der Waals surface area (Å²) in [4.78, 5) is 0. The zero-order valence-corrected chi connectivity index (χ0v) is 9.61. The van der Waals surface area contributed by atoms with Crippen LogP contribution in [-0.2, 0) is 11.5 Å². The molecule has 0 nitrogen and oxygen atoms in total. The molecule has 0 saturated carbocycles. The minimum Gasteiger partial charge on any atom is -0.166 e. The number of halogens is 4. The van der Waals surface area contributed by atoms with E-state index >= 15 is 0 Å². The fourth-order valence-corrected chi connectivity index (χ4v) is 1.16. The summed E-state index contributed by atoms with van der Waals surface area (Å²) in [6.07, 6.45) is -4.23. The third kappa shape index (κ3) is 4.13. The van der Waals surface area contributed by atoms with E-state index in [9.17, 15) is 13.2 Å². The van der Waals surface area contributed by atoms with E-state index in [0.717, 1.165) is 17.7 Å². The van der Waals surface area contributed by atoms with Gasteiger partial charge in [-0.1, -0.05) is 41.9 Å². The van der Waals surface area contributed by atoms with Crippen LogP contribution < -0.4 is 0 Å². The minimum atomic E-state index is -4.23. The third-order valence-electron chi connectivity index (χ3n) is 1.44. The molecule has 0 aliphatic heterocycles. The van der Waals surface area contributed by atoms with Gasteiger partial charge in [-0.05, 0) is 17.7 Å². The van der Waals surface area contributed by atoms with Crippen LogP contribution in [0.1, 0.15) is 25.0 Å². The van der Waals surface area contributed by atoms with Gasteiger partial charge in [0.25, 0.3) is 0 Å². The highest BCUT2D eigenvalue weighted by Crippen LogP contribution is 2.29. The molecule has 0 bridgehead atoms. The van der Waals surface area contributed by atoms with Crippen molar-refractivity contribution in [3.63, 3.8) is 0 Å². The van der Waals surface area contributed by atoms with Crippen LogP contribution in [0.15, 0.2) is 24.3 Å². The molecule has 1 aromatic carbocycles. The molecule has 0 fully saturated rings. The molecule has 0 radical (unpaired) electrons. The molecule has 0 aromatic heterocycles. The lowest BCUT2D eigenvalue weighted by Crippen LogP contribution is -2.04. The molecule has 14 heavy (non-hydrogen) atoms. The second-order valence-corrected chi connectivity index (χ2v) is 2.89. The Bertz CT molecular complexity index is 251. The molecule has 0 aliphatic carbocycles. The second-order valence-electron chi connectivity index (χ2n) is 2.33. The number of rotatable bonds is 1. The van der Waals surface area contributed by atoms with Gasteiger partial charge in [0.2, 0.25) is 0 Å². The maximum absolute atomic E-state index is 12.0. The molecule has 0 N–H and O–H groups in total. The van der Waals surface area contributed by atoms with Gasteiger partial charge in [-0.15, -0.1) is 0 Å². The van der Waals surface area contributed by atoms with Crippen molar-refractivity contribution in [2.75, 3.05) is 0 Å². The van der Waals surface area contributed by atoms with Crippen LogP contribution in [0.2, 0.25) is 0 Å². The molecular weight excluding hydrogens is 257 g/mol. The predicted molar refractivity (Wildman–Crippen MR) is 55.4 cm³/mol. The van der Waals surface area contributed by atoms with E-state index in [1.165, 1.54) is 12.1 Å². The van der Waals surface area contributed by atoms with Gasteiger partial charge in [-0.2, -0.15) is 13.2 Å². The Kier molecular flexibility index (Phi) is 5.84. The van der Waals surface area contributed by atoms with Crippen LogP contribution in [-0.4, -0.2) is 0 Å². The van der Waals surface area contributed by atoms with Crippen LogP contribution >= 0.6 is 15.9 Å². The van der Waals surface area contributed by atoms with E-state index in [-0.39, 0.29) is 0 Å². The summed E-state index contributed by atoms with van der Waals surface area (Å²) in [6, 6.07) is 5.07. The van der Waals surface area contributed by atoms with E-state index in [0.29, 0.717) is 5.33 Å². The molecule has 0 saturated heterocycles. The summed E-state index contributed by atoms with van der Waals surface area (Å²) in [6.45, 7) is 4.00. The van der Waals surface area contributed by atoms with E-state index < -0.39 is 11.7 Å². The first-order chi connectivity index (χ1) is 6.54. The van der Waals surface area contributed by atoms with E-state index in [4.69, 9.17) is 0 Å². The van der Waals surface area contributed by atoms with Gasteiger partial charge in [0, 0.05) is 5.33 Å². The van der Waals surface area contributed by atoms with Crippen LogP contribution in [0, 0.1) is 0 Å². The third-order valence-corrected chi connectivity index (χ3v) is 2.08. The number of alkyl halides is 4. The largest absolute Gasteiger partial charge is 0.416 e. The highest BCUT2D eigenvalue weighted by Gasteiger charge is 2.29. The smallest absolute Gasteiger partial charge is 0.166 e. The van der Waals surface area contributed by atoms with Crippen molar-refractivity contribution in [1.82, 2.24) is 0 Å². The Balaban J connectivity index is 0.000000791. The SMILES string of the molecule is CC.FC(F)(F)c1ccc(CBr)cc1. The summed E-state index contributed by atoms with van der Waals surface area (Å²) in [5.41, 5.74) is 0.232. The average Bonchev–Trinajstić information content (AvgIpc) is 2.20. The molecule has 0 amide bonds. The van der Waals surface area contributed by atoms with Gasteiger partial charge in [0.1, 0.15) is 0 Å². The molecule has 0 atom stereocenters. The zero-order chi connectivity index (χ0) is 11.2. The average molecular weight is 269 g/mol. The summed E-state index contributed by atoms with van der Waals surface area (Å²) < 4.78 is 36.0. The second kappa shape index (κ2) is 6.06. The first kappa shape index (κ1) is 13.5. The standard InChI is InChI=1S/C8H6BrF3.C2H6/c9-5-6-1-3-7(4-2-6)8(10,11)12;1-2/h1-4H,5H2;1-2H3. The van der Waals surface area contributed by atoms with Crippen molar-refractivity contribution in [2.24, 2.45) is 0 Å². The quantitative estimate of drug-likeness (QED) is 0.652. The van der Waals surface area contributed by atoms with Crippen molar-refractivity contribution >= 4 is 15.9 Å². The number of hydrogen-bond donors (Lipinski definition) is 0. The lowest BCUT2D eigenvalue weighted by molar-refractivity contribution is -0.137. The topological polar surface area (TPSA) is 0 Å². The van der Waals surface area contributed by atoms with Crippen molar-refractivity contribution in [1.29, 1.82) is 0 Å². The van der Waals surface area contributed by atoms with Gasteiger partial charge in [0.15, 0.2) is 0 Å². The molecule has 0 aliphatic rings. The minimum absolute atomic E-state index is 0.575. The van der Waals surface area contributed by atoms with Crippen LogP contribution in [0.4, 0.5) is 13.2 Å². The Morgan fingerprint density at radius 2 is 1.50 bits per heavy atom. The van der Waals surface area contributed by atoms with Crippen LogP contribution in [0.5, 0.6) is 0 Å². The molecule has 0 heterocycles. The van der Waals surface area contributed by atoms with Crippen molar-refractivity contribution in [2.45, 2.75) is 25.4 Å². The highest BCUT2D eigenvalue weighted by molar-refractivity contribution is 9.08. The Hall–Kier alpha value is -0.510. The fourth-order valence-electron chi connectivity index (χ4n) is 0.783. The van der Waals surface area contributed by atoms with E-state index in [1.54, 1.807) is 0 Å². The monoisotopic (exact) mass is 268 g/mol. The van der Waals surface area contributed by atoms with Gasteiger partial charge < -0.3 is 0 Å². The summed E-state index contributed by atoms with van der Waals surface area (Å²) in [7, 11) is 0. The van der Waals surface area contributed by atoms with E-state index in [2.05, 4.69) is 15.9 Å². The molecular formula is C10H12BrF3. The van der Waals surface area contributed by atoms with Gasteiger partial charge in [-0.3, -0.25) is 0 Å². The lowest BCUT2D eigenvalue weighted by Gasteiger charge is -2.05. The summed E-state index contributed by atoms with van der Waals surface area (Å²) >= 11 is 3.15. The maximum atomic E-state index is 12.0. The first-order valence-corrected chi connectivity index (χ1v) is 5.38. The maximum Gasteiger partial charge on any atom is 0.416 e. The molecule has 0 spiro atoms. The van der Waals surface area contributed by atoms with Gasteiger partial charge >= 0.3 is 6.18 Å². The molecule has 1 aromatic rings. The lowest BCUT2D eigenvalue weighted by atomic mass is 10.1. The summed E-state index contributed by atoms with van der Waals surface area (Å²) in [5.74, 6) is 0. The van der Waals surface area contributed by atoms with Crippen LogP contribution in [0.25, 0.3) is 0 Å². The Labute approximate surface area is 90.3 Å². The Morgan fingerprint density at radius 3 is 1.79 bits per heavy atom. The molecule has 1 rings (SSSR count).